The van der Waals surface area contributed by atoms with Crippen LogP contribution in [-0.4, -0.2) is 17.0 Å². The number of carboxylic acids is 1. The van der Waals surface area contributed by atoms with E-state index >= 15 is 0 Å². The topological polar surface area (TPSA) is 89.6 Å². The minimum absolute atomic E-state index is 0.190. The molecule has 0 heterocycles. The summed E-state index contributed by atoms with van der Waals surface area (Å²) in [6, 6.07) is 27.2. The van der Waals surface area contributed by atoms with Crippen LogP contribution in [0.3, 0.4) is 0 Å². The van der Waals surface area contributed by atoms with Crippen molar-refractivity contribution in [3.05, 3.63) is 108 Å². The number of nitrogens with two attached hydrogens (primary N) is 1. The Balaban J connectivity index is 0.000000234. The van der Waals surface area contributed by atoms with Gasteiger partial charge in [-0.1, -0.05) is 91.0 Å². The van der Waals surface area contributed by atoms with Crippen LogP contribution in [0.5, 0.6) is 0 Å². The molecule has 0 saturated carbocycles. The molecule has 2 unspecified atom stereocenters. The fourth-order valence-corrected chi connectivity index (χ4v) is 2.53. The summed E-state index contributed by atoms with van der Waals surface area (Å²) in [5.41, 5.74) is 7.95. The number of aliphatic carboxylic acids is 1. The lowest BCUT2D eigenvalue weighted by atomic mass is 10.0. The number of carbonyl (C=O) groups is 2. The maximum Gasteiger partial charge on any atom is 0.325 e. The van der Waals surface area contributed by atoms with Crippen LogP contribution in [0.4, 0.5) is 0 Å². The highest BCUT2D eigenvalue weighted by Crippen LogP contribution is 2.17. The fraction of sp³-hybridized carbons (Fsp3) is 0.167. The van der Waals surface area contributed by atoms with Crippen LogP contribution < -0.4 is 5.73 Å². The first-order chi connectivity index (χ1) is 14.0. The van der Waals surface area contributed by atoms with Gasteiger partial charge in [0.05, 0.1) is 5.92 Å². The van der Waals surface area contributed by atoms with E-state index in [0.29, 0.717) is 12.2 Å². The number of ether oxygens (including phenoxy) is 1. The molecule has 0 aliphatic rings. The summed E-state index contributed by atoms with van der Waals surface area (Å²) in [5, 5.41) is 8.51. The first-order valence-electron chi connectivity index (χ1n) is 9.28. The molecule has 0 bridgehead atoms. The largest absolute Gasteiger partial charge is 0.480 e. The Hall–Kier alpha value is -3.44. The maximum atomic E-state index is 11.9. The van der Waals surface area contributed by atoms with Crippen molar-refractivity contribution < 1.29 is 19.4 Å². The number of carboxylic acid groups (broad SMARTS) is 1. The van der Waals surface area contributed by atoms with E-state index in [9.17, 15) is 9.59 Å². The Morgan fingerprint density at radius 3 is 1.76 bits per heavy atom. The molecule has 0 aliphatic carbocycles. The fourth-order valence-electron chi connectivity index (χ4n) is 2.53. The molecule has 3 N–H and O–H groups in total. The van der Waals surface area contributed by atoms with Crippen LogP contribution in [0.2, 0.25) is 0 Å². The summed E-state index contributed by atoms with van der Waals surface area (Å²) in [6.45, 7) is 2.19. The average molecular weight is 391 g/mol. The Morgan fingerprint density at radius 1 is 0.828 bits per heavy atom. The van der Waals surface area contributed by atoms with Crippen LogP contribution in [0.1, 0.15) is 35.6 Å². The summed E-state index contributed by atoms with van der Waals surface area (Å²) < 4.78 is 5.31. The third-order valence-corrected chi connectivity index (χ3v) is 4.30. The predicted octanol–water partition coefficient (Wildman–Crippen LogP) is 4.30. The number of hydrogen-bond donors (Lipinski definition) is 2. The zero-order valence-electron chi connectivity index (χ0n) is 16.3. The second kappa shape index (κ2) is 11.4. The summed E-state index contributed by atoms with van der Waals surface area (Å²) in [5.74, 6) is -1.42. The van der Waals surface area contributed by atoms with Crippen LogP contribution in [0.25, 0.3) is 0 Å². The van der Waals surface area contributed by atoms with Crippen molar-refractivity contribution in [1.82, 2.24) is 0 Å². The molecule has 3 rings (SSSR count). The Kier molecular flexibility index (Phi) is 8.60. The second-order valence-electron chi connectivity index (χ2n) is 6.45. The molecule has 0 fully saturated rings. The number of hydrogen-bond acceptors (Lipinski definition) is 4. The Bertz CT molecular complexity index is 883. The second-order valence-corrected chi connectivity index (χ2v) is 6.45. The summed E-state index contributed by atoms with van der Waals surface area (Å²) in [7, 11) is 0. The van der Waals surface area contributed by atoms with Gasteiger partial charge in [-0.2, -0.15) is 0 Å². The van der Waals surface area contributed by atoms with Crippen LogP contribution in [0, 0.1) is 0 Å². The van der Waals surface area contributed by atoms with E-state index in [2.05, 4.69) is 0 Å². The summed E-state index contributed by atoms with van der Waals surface area (Å²) in [6.07, 6.45) is 0. The molecule has 0 radical (unpaired) electrons. The average Bonchev–Trinajstić information content (AvgIpc) is 2.78. The lowest BCUT2D eigenvalue weighted by molar-refractivity contribution is -0.146. The van der Waals surface area contributed by atoms with Gasteiger partial charge in [-0.25, -0.2) is 0 Å². The van der Waals surface area contributed by atoms with Crippen molar-refractivity contribution in [2.24, 2.45) is 5.73 Å². The molecular formula is C24H25NO4. The van der Waals surface area contributed by atoms with Crippen molar-refractivity contribution >= 4 is 11.9 Å². The molecule has 5 nitrogen and oxygen atoms in total. The van der Waals surface area contributed by atoms with Gasteiger partial charge in [-0.3, -0.25) is 9.59 Å². The first kappa shape index (κ1) is 21.9. The highest BCUT2D eigenvalue weighted by atomic mass is 16.5. The van der Waals surface area contributed by atoms with Gasteiger partial charge in [0.1, 0.15) is 12.6 Å². The van der Waals surface area contributed by atoms with E-state index in [1.54, 1.807) is 24.3 Å². The third-order valence-electron chi connectivity index (χ3n) is 4.30. The van der Waals surface area contributed by atoms with Gasteiger partial charge in [0.25, 0.3) is 0 Å². The standard InChI is InChI=1S/C16H16O2.C8H9NO2/c1-13(15-10-6-3-7-11-15)16(17)18-12-14-8-4-2-5-9-14;9-7(8(10)11)6-4-2-1-3-5-6/h2-11,13H,12H2,1H3;1-5,7H,9H2,(H,10,11). The van der Waals surface area contributed by atoms with Crippen molar-refractivity contribution in [3.63, 3.8) is 0 Å². The summed E-state index contributed by atoms with van der Waals surface area (Å²) in [4.78, 5) is 22.3. The molecule has 0 amide bonds. The minimum atomic E-state index is -1.00. The van der Waals surface area contributed by atoms with Gasteiger partial charge in [0.15, 0.2) is 0 Å². The maximum absolute atomic E-state index is 11.9. The zero-order chi connectivity index (χ0) is 21.1. The molecule has 150 valence electrons. The van der Waals surface area contributed by atoms with E-state index in [4.69, 9.17) is 15.6 Å². The molecule has 29 heavy (non-hydrogen) atoms. The van der Waals surface area contributed by atoms with Crippen LogP contribution in [0.15, 0.2) is 91.0 Å². The van der Waals surface area contributed by atoms with Crippen molar-refractivity contribution in [3.8, 4) is 0 Å². The zero-order valence-corrected chi connectivity index (χ0v) is 16.3. The number of carbonyl (C=O) groups excluding carboxylic acids is 1. The summed E-state index contributed by atoms with van der Waals surface area (Å²) >= 11 is 0. The lowest BCUT2D eigenvalue weighted by Crippen LogP contribution is -2.20. The molecule has 0 aromatic heterocycles. The molecule has 3 aromatic rings. The Morgan fingerprint density at radius 2 is 1.28 bits per heavy atom. The Labute approximate surface area is 170 Å². The molecule has 0 aliphatic heterocycles. The van der Waals surface area contributed by atoms with Gasteiger partial charge in [0.2, 0.25) is 0 Å². The van der Waals surface area contributed by atoms with Crippen LogP contribution in [-0.2, 0) is 20.9 Å². The van der Waals surface area contributed by atoms with E-state index < -0.39 is 12.0 Å². The van der Waals surface area contributed by atoms with Crippen molar-refractivity contribution in [2.75, 3.05) is 0 Å². The van der Waals surface area contributed by atoms with E-state index in [1.165, 1.54) is 0 Å². The van der Waals surface area contributed by atoms with Gasteiger partial charge in [0, 0.05) is 0 Å². The van der Waals surface area contributed by atoms with Gasteiger partial charge in [-0.05, 0) is 23.6 Å². The normalized spacial score (nSPS) is 12.1. The van der Waals surface area contributed by atoms with Crippen LogP contribution >= 0.6 is 0 Å². The highest BCUT2D eigenvalue weighted by molar-refractivity contribution is 5.77. The smallest absolute Gasteiger partial charge is 0.325 e. The molecule has 3 aromatic carbocycles. The predicted molar refractivity (Wildman–Crippen MR) is 112 cm³/mol. The van der Waals surface area contributed by atoms with E-state index in [1.807, 2.05) is 73.7 Å². The molecule has 2 atom stereocenters. The van der Waals surface area contributed by atoms with Gasteiger partial charge >= 0.3 is 11.9 Å². The monoisotopic (exact) mass is 391 g/mol. The van der Waals surface area contributed by atoms with Gasteiger partial charge in [-0.15, -0.1) is 0 Å². The first-order valence-corrected chi connectivity index (χ1v) is 9.28. The van der Waals surface area contributed by atoms with Gasteiger partial charge < -0.3 is 15.6 Å². The number of esters is 1. The minimum Gasteiger partial charge on any atom is -0.480 e. The molecule has 5 heteroatoms. The lowest BCUT2D eigenvalue weighted by Gasteiger charge is -2.11. The highest BCUT2D eigenvalue weighted by Gasteiger charge is 2.16. The molecule has 0 saturated heterocycles. The molecule has 0 spiro atoms. The number of benzene rings is 3. The van der Waals surface area contributed by atoms with E-state index in [-0.39, 0.29) is 11.9 Å². The SMILES string of the molecule is CC(C(=O)OCc1ccccc1)c1ccccc1.NC(C(=O)O)c1ccccc1. The van der Waals surface area contributed by atoms with E-state index in [0.717, 1.165) is 11.1 Å². The third kappa shape index (κ3) is 7.24. The quantitative estimate of drug-likeness (QED) is 0.611. The van der Waals surface area contributed by atoms with Crippen molar-refractivity contribution in [1.29, 1.82) is 0 Å². The molecular weight excluding hydrogens is 366 g/mol. The number of rotatable bonds is 6. The van der Waals surface area contributed by atoms with Crippen molar-refractivity contribution in [2.45, 2.75) is 25.5 Å².